The molecule has 1 aromatic heterocycles. The van der Waals surface area contributed by atoms with Gasteiger partial charge in [-0.25, -0.2) is 0 Å². The van der Waals surface area contributed by atoms with E-state index in [1.54, 1.807) is 12.4 Å². The average Bonchev–Trinajstić information content (AvgIpc) is 2.46. The zero-order valence-corrected chi connectivity index (χ0v) is 12.3. The van der Waals surface area contributed by atoms with E-state index < -0.39 is 24.9 Å². The molecule has 4 nitrogen and oxygen atoms in total. The van der Waals surface area contributed by atoms with E-state index in [0.29, 0.717) is 6.54 Å². The van der Waals surface area contributed by atoms with E-state index in [4.69, 9.17) is 0 Å². The molecule has 0 unspecified atom stereocenters. The Labute approximate surface area is 127 Å². The molecule has 2 heterocycles. The van der Waals surface area contributed by atoms with E-state index in [1.807, 2.05) is 12.1 Å². The molecule has 1 fully saturated rings. The van der Waals surface area contributed by atoms with Gasteiger partial charge in [-0.2, -0.15) is 13.2 Å². The number of alkyl halides is 3. The predicted molar refractivity (Wildman–Crippen MR) is 76.0 cm³/mol. The summed E-state index contributed by atoms with van der Waals surface area (Å²) in [5, 5.41) is 2.71. The lowest BCUT2D eigenvalue weighted by Crippen LogP contribution is -2.47. The van der Waals surface area contributed by atoms with Crippen LogP contribution < -0.4 is 5.32 Å². The van der Waals surface area contributed by atoms with E-state index in [-0.39, 0.29) is 6.04 Å². The lowest BCUT2D eigenvalue weighted by Gasteiger charge is -2.33. The summed E-state index contributed by atoms with van der Waals surface area (Å²) in [4.78, 5) is 17.8. The van der Waals surface area contributed by atoms with Crippen LogP contribution in [0.4, 0.5) is 13.2 Å². The molecule has 0 bridgehead atoms. The second-order valence-electron chi connectivity index (χ2n) is 5.62. The second-order valence-corrected chi connectivity index (χ2v) is 5.62. The summed E-state index contributed by atoms with van der Waals surface area (Å²) in [6.45, 7) is 2.32. The van der Waals surface area contributed by atoms with Crippen LogP contribution in [0, 0.1) is 0 Å². The Balaban J connectivity index is 1.77. The molecule has 0 radical (unpaired) electrons. The number of halogens is 3. The smallest absolute Gasteiger partial charge is 0.352 e. The molecule has 1 amide bonds. The van der Waals surface area contributed by atoms with Gasteiger partial charge in [0.05, 0.1) is 6.42 Å². The van der Waals surface area contributed by atoms with E-state index in [0.717, 1.165) is 31.5 Å². The first-order chi connectivity index (χ1) is 10.4. The van der Waals surface area contributed by atoms with Crippen LogP contribution in [0.1, 0.15) is 31.2 Å². The van der Waals surface area contributed by atoms with Crippen molar-refractivity contribution in [3.63, 3.8) is 0 Å². The van der Waals surface area contributed by atoms with Crippen LogP contribution in [-0.4, -0.2) is 41.1 Å². The van der Waals surface area contributed by atoms with E-state index in [1.165, 1.54) is 0 Å². The van der Waals surface area contributed by atoms with Gasteiger partial charge >= 0.3 is 6.18 Å². The molecule has 0 spiro atoms. The predicted octanol–water partition coefficient (Wildman–Crippen LogP) is 2.50. The molecule has 1 aliphatic rings. The zero-order chi connectivity index (χ0) is 16.0. The Morgan fingerprint density at radius 3 is 2.95 bits per heavy atom. The standard InChI is InChI=1S/C15H20F3N3O/c16-15(17,18)6-5-14(22)20-13-4-2-8-21(11-13)10-12-3-1-7-19-9-12/h1,3,7,9,13H,2,4-6,8,10-11H2,(H,20,22)/t13-/m1/s1. The molecule has 1 saturated heterocycles. The number of nitrogens with zero attached hydrogens (tertiary/aromatic N) is 2. The molecule has 0 aliphatic carbocycles. The maximum Gasteiger partial charge on any atom is 0.389 e. The van der Waals surface area contributed by atoms with Crippen LogP contribution in [0.5, 0.6) is 0 Å². The van der Waals surface area contributed by atoms with Gasteiger partial charge in [0.25, 0.3) is 0 Å². The van der Waals surface area contributed by atoms with Crippen molar-refractivity contribution in [3.8, 4) is 0 Å². The Morgan fingerprint density at radius 2 is 2.27 bits per heavy atom. The molecule has 0 saturated carbocycles. The van der Waals surface area contributed by atoms with Crippen molar-refractivity contribution in [2.75, 3.05) is 13.1 Å². The zero-order valence-electron chi connectivity index (χ0n) is 12.3. The quantitative estimate of drug-likeness (QED) is 0.908. The topological polar surface area (TPSA) is 45.2 Å². The summed E-state index contributed by atoms with van der Waals surface area (Å²) in [6.07, 6.45) is -0.607. The van der Waals surface area contributed by atoms with E-state index in [2.05, 4.69) is 15.2 Å². The van der Waals surface area contributed by atoms with Crippen molar-refractivity contribution < 1.29 is 18.0 Å². The molecule has 0 aromatic carbocycles. The van der Waals surface area contributed by atoms with E-state index >= 15 is 0 Å². The normalized spacial score (nSPS) is 19.9. The monoisotopic (exact) mass is 315 g/mol. The maximum atomic E-state index is 12.1. The Kier molecular flexibility index (Phi) is 5.76. The van der Waals surface area contributed by atoms with Gasteiger partial charge in [0.2, 0.25) is 5.91 Å². The summed E-state index contributed by atoms with van der Waals surface area (Å²) in [6, 6.07) is 3.78. The first-order valence-electron chi connectivity index (χ1n) is 7.40. The third-order valence-corrected chi connectivity index (χ3v) is 3.64. The van der Waals surface area contributed by atoms with Gasteiger partial charge < -0.3 is 5.32 Å². The number of nitrogens with one attached hydrogen (secondary N) is 1. The highest BCUT2D eigenvalue weighted by Gasteiger charge is 2.29. The fraction of sp³-hybridized carbons (Fsp3) is 0.600. The molecule has 1 atom stereocenters. The Morgan fingerprint density at radius 1 is 1.45 bits per heavy atom. The molecule has 122 valence electrons. The number of likely N-dealkylation sites (tertiary alicyclic amines) is 1. The van der Waals surface area contributed by atoms with Gasteiger partial charge in [0.1, 0.15) is 0 Å². The van der Waals surface area contributed by atoms with Crippen LogP contribution in [0.2, 0.25) is 0 Å². The summed E-state index contributed by atoms with van der Waals surface area (Å²) >= 11 is 0. The van der Waals surface area contributed by atoms with Crippen LogP contribution in [-0.2, 0) is 11.3 Å². The number of rotatable bonds is 5. The highest BCUT2D eigenvalue weighted by molar-refractivity contribution is 5.76. The van der Waals surface area contributed by atoms with Crippen molar-refractivity contribution >= 4 is 5.91 Å². The van der Waals surface area contributed by atoms with E-state index in [9.17, 15) is 18.0 Å². The molecule has 1 N–H and O–H groups in total. The van der Waals surface area contributed by atoms with Gasteiger partial charge in [0.15, 0.2) is 0 Å². The maximum absolute atomic E-state index is 12.1. The van der Waals surface area contributed by atoms with Crippen LogP contribution in [0.15, 0.2) is 24.5 Å². The largest absolute Gasteiger partial charge is 0.389 e. The lowest BCUT2D eigenvalue weighted by molar-refractivity contribution is -0.144. The fourth-order valence-electron chi connectivity index (χ4n) is 2.62. The van der Waals surface area contributed by atoms with Gasteiger partial charge in [-0.15, -0.1) is 0 Å². The minimum Gasteiger partial charge on any atom is -0.352 e. The lowest BCUT2D eigenvalue weighted by atomic mass is 10.0. The van der Waals surface area contributed by atoms with Crippen LogP contribution in [0.25, 0.3) is 0 Å². The van der Waals surface area contributed by atoms with Crippen molar-refractivity contribution in [2.45, 2.75) is 44.4 Å². The summed E-state index contributed by atoms with van der Waals surface area (Å²) in [7, 11) is 0. The van der Waals surface area contributed by atoms with Gasteiger partial charge in [-0.05, 0) is 31.0 Å². The average molecular weight is 315 g/mol. The highest BCUT2D eigenvalue weighted by Crippen LogP contribution is 2.21. The SMILES string of the molecule is O=C(CCC(F)(F)F)N[C@@H]1CCCN(Cc2cccnc2)C1. The first kappa shape index (κ1) is 16.7. The van der Waals surface area contributed by atoms with Gasteiger partial charge in [0, 0.05) is 37.9 Å². The summed E-state index contributed by atoms with van der Waals surface area (Å²) < 4.78 is 36.3. The van der Waals surface area contributed by atoms with Crippen molar-refractivity contribution in [1.29, 1.82) is 0 Å². The number of carbonyl (C=O) groups excluding carboxylic acids is 1. The number of hydrogen-bond donors (Lipinski definition) is 1. The number of hydrogen-bond acceptors (Lipinski definition) is 3. The minimum absolute atomic E-state index is 0.0776. The Hall–Kier alpha value is -1.63. The number of amides is 1. The van der Waals surface area contributed by atoms with Gasteiger partial charge in [-0.1, -0.05) is 6.07 Å². The van der Waals surface area contributed by atoms with Crippen molar-refractivity contribution in [2.24, 2.45) is 0 Å². The molecular formula is C15H20F3N3O. The van der Waals surface area contributed by atoms with Crippen molar-refractivity contribution in [3.05, 3.63) is 30.1 Å². The molecule has 2 rings (SSSR count). The molecule has 1 aliphatic heterocycles. The molecule has 7 heteroatoms. The molecule has 22 heavy (non-hydrogen) atoms. The van der Waals surface area contributed by atoms with Crippen molar-refractivity contribution in [1.82, 2.24) is 15.2 Å². The third-order valence-electron chi connectivity index (χ3n) is 3.64. The molecule has 1 aromatic rings. The highest BCUT2D eigenvalue weighted by atomic mass is 19.4. The number of aromatic nitrogens is 1. The fourth-order valence-corrected chi connectivity index (χ4v) is 2.62. The summed E-state index contributed by atoms with van der Waals surface area (Å²) in [5.74, 6) is -0.523. The summed E-state index contributed by atoms with van der Waals surface area (Å²) in [5.41, 5.74) is 1.09. The minimum atomic E-state index is -4.28. The first-order valence-corrected chi connectivity index (χ1v) is 7.40. The third kappa shape index (κ3) is 6.01. The second kappa shape index (κ2) is 7.58. The Bertz CT molecular complexity index is 479. The number of piperidine rings is 1. The molecular weight excluding hydrogens is 295 g/mol. The van der Waals surface area contributed by atoms with Gasteiger partial charge in [-0.3, -0.25) is 14.7 Å². The number of pyridine rings is 1. The van der Waals surface area contributed by atoms with Crippen LogP contribution >= 0.6 is 0 Å². The van der Waals surface area contributed by atoms with Crippen LogP contribution in [0.3, 0.4) is 0 Å². The number of carbonyl (C=O) groups is 1.